The average molecular weight is 247 g/mol. The van der Waals surface area contributed by atoms with Crippen LogP contribution in [0, 0.1) is 11.3 Å². The van der Waals surface area contributed by atoms with Gasteiger partial charge < -0.3 is 10.0 Å². The molecule has 1 aromatic carbocycles. The molecule has 2 heteroatoms. The van der Waals surface area contributed by atoms with Gasteiger partial charge in [0.1, 0.15) is 0 Å². The minimum atomic E-state index is -0.157. The minimum absolute atomic E-state index is 0.0955. The van der Waals surface area contributed by atoms with E-state index in [0.717, 1.165) is 25.9 Å². The van der Waals surface area contributed by atoms with Gasteiger partial charge in [0, 0.05) is 13.1 Å². The van der Waals surface area contributed by atoms with Crippen LogP contribution in [-0.2, 0) is 6.54 Å². The van der Waals surface area contributed by atoms with Gasteiger partial charge in [-0.15, -0.1) is 0 Å². The molecule has 2 unspecified atom stereocenters. The lowest BCUT2D eigenvalue weighted by atomic mass is 9.87. The van der Waals surface area contributed by atoms with Crippen LogP contribution in [0.1, 0.15) is 32.3 Å². The van der Waals surface area contributed by atoms with Crippen LogP contribution in [-0.4, -0.2) is 29.7 Å². The Labute approximate surface area is 111 Å². The summed E-state index contributed by atoms with van der Waals surface area (Å²) >= 11 is 0. The summed E-state index contributed by atoms with van der Waals surface area (Å²) in [6.07, 6.45) is 2.13. The zero-order valence-electron chi connectivity index (χ0n) is 11.8. The smallest absolute Gasteiger partial charge is 0.0631 e. The van der Waals surface area contributed by atoms with Crippen molar-refractivity contribution in [2.45, 2.75) is 39.3 Å². The molecule has 0 radical (unpaired) electrons. The van der Waals surface area contributed by atoms with E-state index in [-0.39, 0.29) is 11.5 Å². The number of hydrogen-bond acceptors (Lipinski definition) is 2. The number of rotatable bonds is 4. The van der Waals surface area contributed by atoms with Gasteiger partial charge in [-0.2, -0.15) is 0 Å². The second-order valence-corrected chi connectivity index (χ2v) is 6.41. The molecule has 100 valence electrons. The van der Waals surface area contributed by atoms with Crippen molar-refractivity contribution < 1.29 is 5.11 Å². The van der Waals surface area contributed by atoms with Crippen molar-refractivity contribution in [3.63, 3.8) is 0 Å². The summed E-state index contributed by atoms with van der Waals surface area (Å²) < 4.78 is 0. The third-order valence-electron chi connectivity index (χ3n) is 4.25. The largest absolute Gasteiger partial charge is 0.392 e. The fourth-order valence-electron chi connectivity index (χ4n) is 3.05. The third-order valence-corrected chi connectivity index (χ3v) is 4.25. The van der Waals surface area contributed by atoms with Crippen LogP contribution in [0.5, 0.6) is 0 Å². The number of nitrogens with zero attached hydrogens (tertiary/aromatic N) is 1. The normalized spacial score (nSPS) is 26.7. The van der Waals surface area contributed by atoms with E-state index in [0.29, 0.717) is 5.92 Å². The molecule has 2 atom stereocenters. The van der Waals surface area contributed by atoms with Crippen molar-refractivity contribution in [3.8, 4) is 0 Å². The van der Waals surface area contributed by atoms with E-state index in [1.54, 1.807) is 0 Å². The zero-order chi connectivity index (χ0) is 13.2. The van der Waals surface area contributed by atoms with Gasteiger partial charge >= 0.3 is 0 Å². The second kappa shape index (κ2) is 5.41. The first-order valence-electron chi connectivity index (χ1n) is 6.89. The van der Waals surface area contributed by atoms with Gasteiger partial charge in [-0.25, -0.2) is 0 Å². The maximum Gasteiger partial charge on any atom is 0.0631 e. The van der Waals surface area contributed by atoms with Crippen LogP contribution in [0.2, 0.25) is 0 Å². The van der Waals surface area contributed by atoms with Gasteiger partial charge in [-0.3, -0.25) is 0 Å². The van der Waals surface area contributed by atoms with E-state index in [1.807, 2.05) is 6.07 Å². The maximum atomic E-state index is 10.3. The molecule has 0 aliphatic heterocycles. The Bertz CT molecular complexity index is 374. The van der Waals surface area contributed by atoms with Gasteiger partial charge in [0.05, 0.1) is 6.10 Å². The summed E-state index contributed by atoms with van der Waals surface area (Å²) in [6.45, 7) is 6.30. The Morgan fingerprint density at radius 1 is 1.28 bits per heavy atom. The minimum Gasteiger partial charge on any atom is -0.392 e. The van der Waals surface area contributed by atoms with E-state index in [1.165, 1.54) is 5.56 Å². The first-order chi connectivity index (χ1) is 8.49. The van der Waals surface area contributed by atoms with Crippen molar-refractivity contribution >= 4 is 0 Å². The van der Waals surface area contributed by atoms with Gasteiger partial charge in [0.15, 0.2) is 0 Å². The van der Waals surface area contributed by atoms with Crippen molar-refractivity contribution in [1.82, 2.24) is 4.90 Å². The molecule has 2 rings (SSSR count). The molecule has 1 aliphatic rings. The molecule has 1 saturated carbocycles. The predicted octanol–water partition coefficient (Wildman–Crippen LogP) is 2.92. The Morgan fingerprint density at radius 2 is 1.94 bits per heavy atom. The molecule has 0 amide bonds. The molecule has 0 aromatic heterocycles. The molecule has 0 bridgehead atoms. The highest BCUT2D eigenvalue weighted by Gasteiger charge is 2.40. The number of hydrogen-bond donors (Lipinski definition) is 1. The highest BCUT2D eigenvalue weighted by atomic mass is 16.3. The fourth-order valence-corrected chi connectivity index (χ4v) is 3.05. The lowest BCUT2D eigenvalue weighted by molar-refractivity contribution is 0.0348. The van der Waals surface area contributed by atoms with E-state index < -0.39 is 0 Å². The Kier molecular flexibility index (Phi) is 4.08. The maximum absolute atomic E-state index is 10.3. The molecule has 1 aliphatic carbocycles. The molecule has 0 spiro atoms. The van der Waals surface area contributed by atoms with Gasteiger partial charge in [-0.1, -0.05) is 44.2 Å². The highest BCUT2D eigenvalue weighted by Crippen LogP contribution is 2.41. The van der Waals surface area contributed by atoms with Crippen LogP contribution < -0.4 is 0 Å². The van der Waals surface area contributed by atoms with Gasteiger partial charge in [-0.05, 0) is 36.8 Å². The summed E-state index contributed by atoms with van der Waals surface area (Å²) in [4.78, 5) is 2.32. The van der Waals surface area contributed by atoms with Crippen LogP contribution in [0.3, 0.4) is 0 Å². The molecule has 18 heavy (non-hydrogen) atoms. The standard InChI is InChI=1S/C16H25NO/c1-16(2)10-9-14(15(16)18)12-17(3)11-13-7-5-4-6-8-13/h4-8,14-15,18H,9-12H2,1-3H3. The second-order valence-electron chi connectivity index (χ2n) is 6.41. The van der Waals surface area contributed by atoms with E-state index in [4.69, 9.17) is 0 Å². The number of aliphatic hydroxyl groups is 1. The summed E-state index contributed by atoms with van der Waals surface area (Å²) in [5, 5.41) is 10.3. The Balaban J connectivity index is 1.87. The van der Waals surface area contributed by atoms with E-state index in [2.05, 4.69) is 50.1 Å². The Hall–Kier alpha value is -0.860. The highest BCUT2D eigenvalue weighted by molar-refractivity contribution is 5.14. The lowest BCUT2D eigenvalue weighted by Crippen LogP contribution is -2.34. The van der Waals surface area contributed by atoms with Gasteiger partial charge in [0.2, 0.25) is 0 Å². The van der Waals surface area contributed by atoms with Crippen LogP contribution in [0.15, 0.2) is 30.3 Å². The van der Waals surface area contributed by atoms with Crippen molar-refractivity contribution in [2.75, 3.05) is 13.6 Å². The first kappa shape index (κ1) is 13.6. The summed E-state index contributed by atoms with van der Waals surface area (Å²) in [6, 6.07) is 10.5. The summed E-state index contributed by atoms with van der Waals surface area (Å²) in [5.41, 5.74) is 1.44. The SMILES string of the molecule is CN(Cc1ccccc1)CC1CCC(C)(C)C1O. The fraction of sp³-hybridized carbons (Fsp3) is 0.625. The summed E-state index contributed by atoms with van der Waals surface area (Å²) in [5.74, 6) is 0.425. The predicted molar refractivity (Wildman–Crippen MR) is 75.3 cm³/mol. The molecule has 0 heterocycles. The van der Waals surface area contributed by atoms with Crippen LogP contribution in [0.4, 0.5) is 0 Å². The third kappa shape index (κ3) is 3.12. The molecule has 2 nitrogen and oxygen atoms in total. The molecular formula is C16H25NO. The van der Waals surface area contributed by atoms with Crippen molar-refractivity contribution in [1.29, 1.82) is 0 Å². The van der Waals surface area contributed by atoms with E-state index >= 15 is 0 Å². The molecular weight excluding hydrogens is 222 g/mol. The molecule has 1 N–H and O–H groups in total. The number of benzene rings is 1. The van der Waals surface area contributed by atoms with Crippen molar-refractivity contribution in [3.05, 3.63) is 35.9 Å². The first-order valence-corrected chi connectivity index (χ1v) is 6.89. The zero-order valence-corrected chi connectivity index (χ0v) is 11.8. The number of aliphatic hydroxyl groups excluding tert-OH is 1. The van der Waals surface area contributed by atoms with E-state index in [9.17, 15) is 5.11 Å². The van der Waals surface area contributed by atoms with Gasteiger partial charge in [0.25, 0.3) is 0 Å². The Morgan fingerprint density at radius 3 is 2.50 bits per heavy atom. The quantitative estimate of drug-likeness (QED) is 0.884. The van der Waals surface area contributed by atoms with Crippen LogP contribution in [0.25, 0.3) is 0 Å². The molecule has 1 fully saturated rings. The molecule has 0 saturated heterocycles. The monoisotopic (exact) mass is 247 g/mol. The molecule has 1 aromatic rings. The van der Waals surface area contributed by atoms with Crippen molar-refractivity contribution in [2.24, 2.45) is 11.3 Å². The lowest BCUT2D eigenvalue weighted by Gasteiger charge is -2.28. The topological polar surface area (TPSA) is 23.5 Å². The summed E-state index contributed by atoms with van der Waals surface area (Å²) in [7, 11) is 2.14. The average Bonchev–Trinajstić information content (AvgIpc) is 2.57. The van der Waals surface area contributed by atoms with Crippen LogP contribution >= 0.6 is 0 Å².